The predicted octanol–water partition coefficient (Wildman–Crippen LogP) is 3.67. The van der Waals surface area contributed by atoms with Gasteiger partial charge in [-0.05, 0) is 35.9 Å². The molecule has 2 nitrogen and oxygen atoms in total. The lowest BCUT2D eigenvalue weighted by atomic mass is 10.2. The standard InChI is InChI=1S/C13H12ClFN2/c14-10-3-1-9(2-4-10)8-17-13-7-11(15)5-6-12(13)16/h1-7,17H,8,16H2. The Morgan fingerprint density at radius 2 is 1.82 bits per heavy atom. The average Bonchev–Trinajstić information content (AvgIpc) is 2.32. The highest BCUT2D eigenvalue weighted by molar-refractivity contribution is 6.30. The second kappa shape index (κ2) is 5.06. The highest BCUT2D eigenvalue weighted by Gasteiger charge is 2.00. The van der Waals surface area contributed by atoms with Gasteiger partial charge in [-0.15, -0.1) is 0 Å². The normalized spacial score (nSPS) is 10.2. The lowest BCUT2D eigenvalue weighted by molar-refractivity contribution is 0.628. The Labute approximate surface area is 104 Å². The van der Waals surface area contributed by atoms with E-state index in [9.17, 15) is 4.39 Å². The smallest absolute Gasteiger partial charge is 0.125 e. The Bertz CT molecular complexity index is 511. The molecule has 17 heavy (non-hydrogen) atoms. The minimum Gasteiger partial charge on any atom is -0.397 e. The van der Waals surface area contributed by atoms with Crippen molar-refractivity contribution in [2.45, 2.75) is 6.54 Å². The van der Waals surface area contributed by atoms with Crippen molar-refractivity contribution in [1.29, 1.82) is 0 Å². The predicted molar refractivity (Wildman–Crippen MR) is 69.6 cm³/mol. The van der Waals surface area contributed by atoms with E-state index in [0.29, 0.717) is 22.9 Å². The molecular formula is C13H12ClFN2. The Morgan fingerprint density at radius 1 is 1.12 bits per heavy atom. The quantitative estimate of drug-likeness (QED) is 0.816. The fraction of sp³-hybridized carbons (Fsp3) is 0.0769. The first-order valence-electron chi connectivity index (χ1n) is 5.18. The summed E-state index contributed by atoms with van der Waals surface area (Å²) in [6, 6.07) is 11.7. The third-order valence-electron chi connectivity index (χ3n) is 2.41. The molecule has 0 heterocycles. The largest absolute Gasteiger partial charge is 0.397 e. The van der Waals surface area contributed by atoms with E-state index in [1.54, 1.807) is 6.07 Å². The topological polar surface area (TPSA) is 38.0 Å². The van der Waals surface area contributed by atoms with E-state index in [4.69, 9.17) is 17.3 Å². The third-order valence-corrected chi connectivity index (χ3v) is 2.66. The average molecular weight is 251 g/mol. The summed E-state index contributed by atoms with van der Waals surface area (Å²) in [5.41, 5.74) is 7.91. The zero-order chi connectivity index (χ0) is 12.3. The zero-order valence-electron chi connectivity index (χ0n) is 9.08. The number of nitrogens with one attached hydrogen (secondary N) is 1. The SMILES string of the molecule is Nc1ccc(F)cc1NCc1ccc(Cl)cc1. The number of benzene rings is 2. The molecule has 4 heteroatoms. The van der Waals surface area contributed by atoms with Crippen LogP contribution >= 0.6 is 11.6 Å². The van der Waals surface area contributed by atoms with E-state index in [1.165, 1.54) is 12.1 Å². The van der Waals surface area contributed by atoms with Gasteiger partial charge in [0.25, 0.3) is 0 Å². The van der Waals surface area contributed by atoms with Crippen molar-refractivity contribution in [3.05, 3.63) is 58.9 Å². The molecule has 0 bridgehead atoms. The molecule has 0 atom stereocenters. The van der Waals surface area contributed by atoms with Crippen LogP contribution in [0.2, 0.25) is 5.02 Å². The molecule has 0 amide bonds. The van der Waals surface area contributed by atoms with Crippen LogP contribution < -0.4 is 11.1 Å². The van der Waals surface area contributed by atoms with Crippen LogP contribution in [-0.2, 0) is 6.54 Å². The van der Waals surface area contributed by atoms with E-state index < -0.39 is 0 Å². The first kappa shape index (κ1) is 11.7. The molecular weight excluding hydrogens is 239 g/mol. The summed E-state index contributed by atoms with van der Waals surface area (Å²) in [6.45, 7) is 0.574. The van der Waals surface area contributed by atoms with Gasteiger partial charge in [-0.3, -0.25) is 0 Å². The molecule has 0 aliphatic carbocycles. The number of hydrogen-bond donors (Lipinski definition) is 2. The molecule has 0 aromatic heterocycles. The van der Waals surface area contributed by atoms with Gasteiger partial charge in [0.2, 0.25) is 0 Å². The van der Waals surface area contributed by atoms with Crippen LogP contribution in [-0.4, -0.2) is 0 Å². The zero-order valence-corrected chi connectivity index (χ0v) is 9.84. The van der Waals surface area contributed by atoms with E-state index in [2.05, 4.69) is 5.32 Å². The molecule has 0 spiro atoms. The van der Waals surface area contributed by atoms with Gasteiger partial charge >= 0.3 is 0 Å². The lowest BCUT2D eigenvalue weighted by Gasteiger charge is -2.09. The molecule has 0 fully saturated rings. The molecule has 2 aromatic carbocycles. The maximum Gasteiger partial charge on any atom is 0.125 e. The first-order chi connectivity index (χ1) is 8.15. The summed E-state index contributed by atoms with van der Waals surface area (Å²) in [6.07, 6.45) is 0. The van der Waals surface area contributed by atoms with Crippen molar-refractivity contribution in [1.82, 2.24) is 0 Å². The van der Waals surface area contributed by atoms with E-state index >= 15 is 0 Å². The number of nitrogens with two attached hydrogens (primary N) is 1. The number of anilines is 2. The Kier molecular flexibility index (Phi) is 3.49. The fourth-order valence-electron chi connectivity index (χ4n) is 1.48. The van der Waals surface area contributed by atoms with Crippen molar-refractivity contribution < 1.29 is 4.39 Å². The minimum absolute atomic E-state index is 0.308. The summed E-state index contributed by atoms with van der Waals surface area (Å²) in [7, 11) is 0. The Morgan fingerprint density at radius 3 is 2.53 bits per heavy atom. The Balaban J connectivity index is 2.07. The number of rotatable bonds is 3. The van der Waals surface area contributed by atoms with Crippen molar-refractivity contribution in [2.75, 3.05) is 11.1 Å². The second-order valence-corrected chi connectivity index (χ2v) is 4.15. The lowest BCUT2D eigenvalue weighted by Crippen LogP contribution is -2.02. The van der Waals surface area contributed by atoms with Gasteiger partial charge in [0, 0.05) is 11.6 Å². The molecule has 2 rings (SSSR count). The molecule has 0 saturated carbocycles. The summed E-state index contributed by atoms with van der Waals surface area (Å²) < 4.78 is 13.0. The second-order valence-electron chi connectivity index (χ2n) is 3.71. The number of halogens is 2. The number of nitrogen functional groups attached to an aromatic ring is 1. The van der Waals surface area contributed by atoms with E-state index in [1.807, 2.05) is 24.3 Å². The highest BCUT2D eigenvalue weighted by Crippen LogP contribution is 2.20. The van der Waals surface area contributed by atoms with Crippen LogP contribution in [0.15, 0.2) is 42.5 Å². The van der Waals surface area contributed by atoms with Crippen LogP contribution in [0, 0.1) is 5.82 Å². The van der Waals surface area contributed by atoms with E-state index in [0.717, 1.165) is 5.56 Å². The van der Waals surface area contributed by atoms with Crippen molar-refractivity contribution in [3.63, 3.8) is 0 Å². The first-order valence-corrected chi connectivity index (χ1v) is 5.56. The maximum atomic E-state index is 13.0. The van der Waals surface area contributed by atoms with Crippen LogP contribution in [0.5, 0.6) is 0 Å². The van der Waals surface area contributed by atoms with Crippen LogP contribution in [0.3, 0.4) is 0 Å². The number of hydrogen-bond acceptors (Lipinski definition) is 2. The van der Waals surface area contributed by atoms with Crippen molar-refractivity contribution in [3.8, 4) is 0 Å². The van der Waals surface area contributed by atoms with Crippen LogP contribution in [0.1, 0.15) is 5.56 Å². The highest BCUT2D eigenvalue weighted by atomic mass is 35.5. The van der Waals surface area contributed by atoms with Gasteiger partial charge in [0.05, 0.1) is 11.4 Å². The summed E-state index contributed by atoms with van der Waals surface area (Å²) in [4.78, 5) is 0. The molecule has 88 valence electrons. The fourth-order valence-corrected chi connectivity index (χ4v) is 1.61. The molecule has 3 N–H and O–H groups in total. The molecule has 0 saturated heterocycles. The summed E-state index contributed by atoms with van der Waals surface area (Å²) in [5, 5.41) is 3.77. The molecule has 0 radical (unpaired) electrons. The van der Waals surface area contributed by atoms with Gasteiger partial charge in [-0.1, -0.05) is 23.7 Å². The van der Waals surface area contributed by atoms with Gasteiger partial charge in [-0.25, -0.2) is 4.39 Å². The monoisotopic (exact) mass is 250 g/mol. The van der Waals surface area contributed by atoms with Gasteiger partial charge in [0.1, 0.15) is 5.82 Å². The summed E-state index contributed by atoms with van der Waals surface area (Å²) in [5.74, 6) is -0.308. The minimum atomic E-state index is -0.308. The molecule has 0 aliphatic heterocycles. The Hall–Kier alpha value is -1.74. The van der Waals surface area contributed by atoms with Gasteiger partial charge < -0.3 is 11.1 Å². The van der Waals surface area contributed by atoms with Crippen molar-refractivity contribution >= 4 is 23.0 Å². The molecule has 0 aliphatic rings. The van der Waals surface area contributed by atoms with E-state index in [-0.39, 0.29) is 5.82 Å². The molecule has 2 aromatic rings. The van der Waals surface area contributed by atoms with Crippen LogP contribution in [0.25, 0.3) is 0 Å². The maximum absolute atomic E-state index is 13.0. The van der Waals surface area contributed by atoms with Gasteiger partial charge in [0.15, 0.2) is 0 Å². The van der Waals surface area contributed by atoms with Crippen LogP contribution in [0.4, 0.5) is 15.8 Å². The third kappa shape index (κ3) is 3.11. The van der Waals surface area contributed by atoms with Gasteiger partial charge in [-0.2, -0.15) is 0 Å². The van der Waals surface area contributed by atoms with Crippen molar-refractivity contribution in [2.24, 2.45) is 0 Å². The summed E-state index contributed by atoms with van der Waals surface area (Å²) >= 11 is 5.78. The molecule has 0 unspecified atom stereocenters.